The zero-order chi connectivity index (χ0) is 13.8. The summed E-state index contributed by atoms with van der Waals surface area (Å²) in [5, 5.41) is 23.8. The summed E-state index contributed by atoms with van der Waals surface area (Å²) in [5.41, 5.74) is 0.234. The predicted octanol–water partition coefficient (Wildman–Crippen LogP) is 0.496. The van der Waals surface area contributed by atoms with Crippen molar-refractivity contribution in [2.24, 2.45) is 0 Å². The van der Waals surface area contributed by atoms with Crippen LogP contribution in [0, 0.1) is 0 Å². The molecule has 102 valence electrons. The quantitative estimate of drug-likeness (QED) is 0.582. The molecule has 1 fully saturated rings. The first-order valence-corrected chi connectivity index (χ1v) is 6.16. The molecule has 0 radical (unpaired) electrons. The molecule has 1 aliphatic carbocycles. The normalized spacial score (nSPS) is 13.9. The number of benzene rings is 1. The van der Waals surface area contributed by atoms with E-state index >= 15 is 0 Å². The van der Waals surface area contributed by atoms with Crippen LogP contribution in [0.4, 0.5) is 0 Å². The van der Waals surface area contributed by atoms with Gasteiger partial charge in [-0.1, -0.05) is 0 Å². The van der Waals surface area contributed by atoms with Gasteiger partial charge in [0.1, 0.15) is 0 Å². The topological polar surface area (TPSA) is 98.7 Å². The zero-order valence-corrected chi connectivity index (χ0v) is 10.3. The monoisotopic (exact) mass is 264 g/mol. The molecule has 6 heteroatoms. The summed E-state index contributed by atoms with van der Waals surface area (Å²) >= 11 is 0. The van der Waals surface area contributed by atoms with E-state index in [0.29, 0.717) is 6.04 Å². The number of aromatic hydroxyl groups is 2. The third kappa shape index (κ3) is 3.87. The minimum atomic E-state index is -0.394. The molecule has 1 aromatic carbocycles. The second-order valence-corrected chi connectivity index (χ2v) is 4.55. The van der Waals surface area contributed by atoms with E-state index in [1.807, 2.05) is 0 Å². The molecule has 19 heavy (non-hydrogen) atoms. The summed E-state index contributed by atoms with van der Waals surface area (Å²) in [6.45, 7) is 0.235. The van der Waals surface area contributed by atoms with Gasteiger partial charge >= 0.3 is 0 Å². The maximum atomic E-state index is 11.7. The Kier molecular flexibility index (Phi) is 3.89. The van der Waals surface area contributed by atoms with E-state index in [1.165, 1.54) is 18.2 Å². The van der Waals surface area contributed by atoms with Gasteiger partial charge in [0.25, 0.3) is 5.91 Å². The molecule has 0 unspecified atom stereocenters. The summed E-state index contributed by atoms with van der Waals surface area (Å²) in [5.74, 6) is -1.09. The standard InChI is InChI=1S/C13H16N2O4/c16-10-4-1-8(7-11(10)17)13(19)14-6-5-12(18)15-9-2-3-9/h1,4,7,9,16-17H,2-3,5-6H2,(H,14,19)(H,15,18). The third-order valence-corrected chi connectivity index (χ3v) is 2.82. The molecule has 0 heterocycles. The number of rotatable bonds is 5. The van der Waals surface area contributed by atoms with Gasteiger partial charge in [-0.25, -0.2) is 0 Å². The Morgan fingerprint density at radius 1 is 1.21 bits per heavy atom. The van der Waals surface area contributed by atoms with Gasteiger partial charge in [-0.15, -0.1) is 0 Å². The number of carbonyl (C=O) groups excluding carboxylic acids is 2. The molecule has 0 atom stereocenters. The Morgan fingerprint density at radius 3 is 2.58 bits per heavy atom. The minimum Gasteiger partial charge on any atom is -0.504 e. The lowest BCUT2D eigenvalue weighted by Crippen LogP contribution is -2.31. The van der Waals surface area contributed by atoms with E-state index in [1.54, 1.807) is 0 Å². The van der Waals surface area contributed by atoms with Gasteiger partial charge in [-0.2, -0.15) is 0 Å². The van der Waals surface area contributed by atoms with Gasteiger partial charge in [0.05, 0.1) is 0 Å². The van der Waals surface area contributed by atoms with Crippen molar-refractivity contribution in [2.45, 2.75) is 25.3 Å². The summed E-state index contributed by atoms with van der Waals surface area (Å²) in [6.07, 6.45) is 2.29. The number of nitrogens with one attached hydrogen (secondary N) is 2. The van der Waals surface area contributed by atoms with E-state index in [2.05, 4.69) is 10.6 Å². The van der Waals surface area contributed by atoms with Gasteiger partial charge in [0.15, 0.2) is 11.5 Å². The fourth-order valence-corrected chi connectivity index (χ4v) is 1.58. The van der Waals surface area contributed by atoms with Gasteiger partial charge in [0, 0.05) is 24.6 Å². The molecule has 0 bridgehead atoms. The highest BCUT2D eigenvalue weighted by atomic mass is 16.3. The van der Waals surface area contributed by atoms with Crippen molar-refractivity contribution in [1.82, 2.24) is 10.6 Å². The lowest BCUT2D eigenvalue weighted by Gasteiger charge is -2.06. The molecule has 0 aliphatic heterocycles. The van der Waals surface area contributed by atoms with Crippen molar-refractivity contribution in [3.8, 4) is 11.5 Å². The van der Waals surface area contributed by atoms with Crippen molar-refractivity contribution in [3.63, 3.8) is 0 Å². The van der Waals surface area contributed by atoms with Crippen molar-refractivity contribution in [1.29, 1.82) is 0 Å². The number of hydrogen-bond donors (Lipinski definition) is 4. The van der Waals surface area contributed by atoms with Crippen molar-refractivity contribution >= 4 is 11.8 Å². The van der Waals surface area contributed by atoms with E-state index < -0.39 is 5.91 Å². The summed E-state index contributed by atoms with van der Waals surface area (Å²) in [7, 11) is 0. The van der Waals surface area contributed by atoms with E-state index in [-0.39, 0.29) is 35.9 Å². The smallest absolute Gasteiger partial charge is 0.251 e. The molecular formula is C13H16N2O4. The number of amides is 2. The van der Waals surface area contributed by atoms with Crippen LogP contribution < -0.4 is 10.6 Å². The Balaban J connectivity index is 1.76. The van der Waals surface area contributed by atoms with Crippen molar-refractivity contribution < 1.29 is 19.8 Å². The predicted molar refractivity (Wildman–Crippen MR) is 67.9 cm³/mol. The van der Waals surface area contributed by atoms with Gasteiger partial charge in [-0.05, 0) is 31.0 Å². The van der Waals surface area contributed by atoms with Crippen LogP contribution in [0.25, 0.3) is 0 Å². The van der Waals surface area contributed by atoms with Crippen molar-refractivity contribution in [2.75, 3.05) is 6.54 Å². The van der Waals surface area contributed by atoms with Crippen LogP contribution >= 0.6 is 0 Å². The fraction of sp³-hybridized carbons (Fsp3) is 0.385. The maximum Gasteiger partial charge on any atom is 0.251 e. The van der Waals surface area contributed by atoms with Crippen molar-refractivity contribution in [3.05, 3.63) is 23.8 Å². The molecule has 1 aliphatic rings. The van der Waals surface area contributed by atoms with Crippen LogP contribution in [0.1, 0.15) is 29.6 Å². The fourth-order valence-electron chi connectivity index (χ4n) is 1.58. The Hall–Kier alpha value is -2.24. The molecule has 4 N–H and O–H groups in total. The van der Waals surface area contributed by atoms with E-state index in [4.69, 9.17) is 5.11 Å². The molecule has 6 nitrogen and oxygen atoms in total. The molecule has 0 spiro atoms. The zero-order valence-electron chi connectivity index (χ0n) is 10.3. The molecule has 2 amide bonds. The molecule has 0 aromatic heterocycles. The highest BCUT2D eigenvalue weighted by molar-refractivity contribution is 5.95. The molecule has 1 saturated carbocycles. The average molecular weight is 264 g/mol. The summed E-state index contributed by atoms with van der Waals surface area (Å²) in [4.78, 5) is 23.1. The van der Waals surface area contributed by atoms with Crippen LogP contribution in [0.3, 0.4) is 0 Å². The summed E-state index contributed by atoms with van der Waals surface area (Å²) < 4.78 is 0. The molecular weight excluding hydrogens is 248 g/mol. The highest BCUT2D eigenvalue weighted by Gasteiger charge is 2.22. The minimum absolute atomic E-state index is 0.0728. The van der Waals surface area contributed by atoms with E-state index in [9.17, 15) is 14.7 Å². The van der Waals surface area contributed by atoms with E-state index in [0.717, 1.165) is 12.8 Å². The van der Waals surface area contributed by atoms with Crippen LogP contribution in [0.2, 0.25) is 0 Å². The first-order chi connectivity index (χ1) is 9.06. The van der Waals surface area contributed by atoms with Gasteiger partial charge < -0.3 is 20.8 Å². The Morgan fingerprint density at radius 2 is 1.95 bits per heavy atom. The lowest BCUT2D eigenvalue weighted by atomic mass is 10.2. The third-order valence-electron chi connectivity index (χ3n) is 2.82. The maximum absolute atomic E-state index is 11.7. The number of phenolic OH excluding ortho intramolecular Hbond substituents is 2. The highest BCUT2D eigenvalue weighted by Crippen LogP contribution is 2.24. The number of hydrogen-bond acceptors (Lipinski definition) is 4. The molecule has 0 saturated heterocycles. The SMILES string of the molecule is O=C(CCNC(=O)c1ccc(O)c(O)c1)NC1CC1. The largest absolute Gasteiger partial charge is 0.504 e. The lowest BCUT2D eigenvalue weighted by molar-refractivity contribution is -0.121. The van der Waals surface area contributed by atoms with Crippen LogP contribution in [0.5, 0.6) is 11.5 Å². The van der Waals surface area contributed by atoms with Crippen LogP contribution in [0.15, 0.2) is 18.2 Å². The number of phenols is 2. The van der Waals surface area contributed by atoms with Gasteiger partial charge in [0.2, 0.25) is 5.91 Å². The number of carbonyl (C=O) groups is 2. The summed E-state index contributed by atoms with van der Waals surface area (Å²) in [6, 6.07) is 4.13. The van der Waals surface area contributed by atoms with Crippen LogP contribution in [-0.4, -0.2) is 34.6 Å². The van der Waals surface area contributed by atoms with Crippen LogP contribution in [-0.2, 0) is 4.79 Å². The first kappa shape index (κ1) is 13.2. The second-order valence-electron chi connectivity index (χ2n) is 4.55. The molecule has 1 aromatic rings. The molecule has 2 rings (SSSR count). The van der Waals surface area contributed by atoms with Gasteiger partial charge in [-0.3, -0.25) is 9.59 Å². The average Bonchev–Trinajstić information content (AvgIpc) is 3.16. The second kappa shape index (κ2) is 5.60. The Bertz CT molecular complexity index is 497. The Labute approximate surface area is 110 Å². The first-order valence-electron chi connectivity index (χ1n) is 6.16.